The Kier molecular flexibility index (Phi) is 6.28. The number of sulfonamides is 1. The van der Waals surface area contributed by atoms with Crippen molar-refractivity contribution in [2.24, 2.45) is 5.14 Å². The van der Waals surface area contributed by atoms with E-state index in [1.165, 1.54) is 17.8 Å². The van der Waals surface area contributed by atoms with Crippen LogP contribution < -0.4 is 10.5 Å². The lowest BCUT2D eigenvalue weighted by Crippen LogP contribution is -2.17. The molecule has 0 fully saturated rings. The van der Waals surface area contributed by atoms with Gasteiger partial charge in [0.1, 0.15) is 0 Å². The second-order valence-electron chi connectivity index (χ2n) is 5.16. The highest BCUT2D eigenvalue weighted by Crippen LogP contribution is 2.22. The van der Waals surface area contributed by atoms with Crippen LogP contribution in [-0.2, 0) is 20.6 Å². The monoisotopic (exact) mass is 384 g/mol. The van der Waals surface area contributed by atoms with Gasteiger partial charge in [0, 0.05) is 16.5 Å². The van der Waals surface area contributed by atoms with Gasteiger partial charge in [-0.1, -0.05) is 35.9 Å². The van der Waals surface area contributed by atoms with Crippen molar-refractivity contribution in [3.05, 3.63) is 58.6 Å². The summed E-state index contributed by atoms with van der Waals surface area (Å²) in [5, 5.41) is 8.50. The third-order valence-electron chi connectivity index (χ3n) is 3.23. The molecule has 0 aliphatic carbocycles. The second kappa shape index (κ2) is 8.02. The van der Waals surface area contributed by atoms with Crippen LogP contribution in [0.1, 0.15) is 11.1 Å². The Labute approximate surface area is 150 Å². The largest absolute Gasteiger partial charge is 0.325 e. The summed E-state index contributed by atoms with van der Waals surface area (Å²) < 4.78 is 23.0. The van der Waals surface area contributed by atoms with E-state index in [9.17, 15) is 13.2 Å². The van der Waals surface area contributed by atoms with Gasteiger partial charge in [-0.15, -0.1) is 11.8 Å². The lowest BCUT2D eigenvalue weighted by molar-refractivity contribution is -0.113. The van der Waals surface area contributed by atoms with Gasteiger partial charge in [0.15, 0.2) is 0 Å². The summed E-state index contributed by atoms with van der Waals surface area (Å²) in [5.41, 5.74) is 1.89. The van der Waals surface area contributed by atoms with Gasteiger partial charge in [-0.2, -0.15) is 0 Å². The summed E-state index contributed by atoms with van der Waals surface area (Å²) in [4.78, 5) is 12.0. The average Bonchev–Trinajstić information content (AvgIpc) is 2.50. The van der Waals surface area contributed by atoms with E-state index in [1.807, 2.05) is 18.2 Å². The van der Waals surface area contributed by atoms with Gasteiger partial charge < -0.3 is 5.32 Å². The number of halogens is 1. The number of rotatable bonds is 6. The zero-order valence-corrected chi connectivity index (χ0v) is 15.3. The summed E-state index contributed by atoms with van der Waals surface area (Å²) in [6.07, 6.45) is 0. The van der Waals surface area contributed by atoms with Crippen molar-refractivity contribution in [3.63, 3.8) is 0 Å². The van der Waals surface area contributed by atoms with Crippen LogP contribution in [0.15, 0.2) is 47.4 Å². The van der Waals surface area contributed by atoms with Crippen LogP contribution in [0, 0.1) is 6.92 Å². The third-order valence-corrected chi connectivity index (χ3v) is 5.63. The van der Waals surface area contributed by atoms with E-state index in [0.29, 0.717) is 22.0 Å². The van der Waals surface area contributed by atoms with Gasteiger partial charge in [0.2, 0.25) is 15.9 Å². The number of anilines is 1. The van der Waals surface area contributed by atoms with Crippen molar-refractivity contribution in [3.8, 4) is 0 Å². The minimum Gasteiger partial charge on any atom is -0.325 e. The van der Waals surface area contributed by atoms with Crippen LogP contribution in [0.2, 0.25) is 5.02 Å². The standard InChI is InChI=1S/C16H17ClN2O3S2/c1-11-6-7-13(8-15(11)24(18,21)22)19-16(20)10-23-9-12-4-2-3-5-14(12)17/h2-8H,9-10H2,1H3,(H,19,20)(H2,18,21,22). The molecule has 0 aliphatic rings. The van der Waals surface area contributed by atoms with Crippen LogP contribution in [0.5, 0.6) is 0 Å². The van der Waals surface area contributed by atoms with E-state index in [-0.39, 0.29) is 16.6 Å². The van der Waals surface area contributed by atoms with Gasteiger partial charge in [-0.25, -0.2) is 13.6 Å². The van der Waals surface area contributed by atoms with Crippen LogP contribution in [-0.4, -0.2) is 20.1 Å². The number of amides is 1. The summed E-state index contributed by atoms with van der Waals surface area (Å²) in [5.74, 6) is 0.615. The molecule has 0 radical (unpaired) electrons. The topological polar surface area (TPSA) is 89.3 Å². The molecule has 0 saturated carbocycles. The Hall–Kier alpha value is -1.54. The van der Waals surface area contributed by atoms with Crippen molar-refractivity contribution >= 4 is 45.0 Å². The molecule has 0 aliphatic heterocycles. The maximum absolute atomic E-state index is 12.0. The summed E-state index contributed by atoms with van der Waals surface area (Å²) in [7, 11) is -3.82. The maximum atomic E-state index is 12.0. The number of aryl methyl sites for hydroxylation is 1. The number of hydrogen-bond donors (Lipinski definition) is 2. The minimum atomic E-state index is -3.82. The average molecular weight is 385 g/mol. The summed E-state index contributed by atoms with van der Waals surface area (Å²) in [6.45, 7) is 1.64. The highest BCUT2D eigenvalue weighted by atomic mass is 35.5. The Balaban J connectivity index is 1.94. The first-order valence-corrected chi connectivity index (χ1v) is 10.1. The molecular weight excluding hydrogens is 368 g/mol. The van der Waals surface area contributed by atoms with Gasteiger partial charge in [0.25, 0.3) is 0 Å². The number of carbonyl (C=O) groups is 1. The fraction of sp³-hybridized carbons (Fsp3) is 0.188. The quantitative estimate of drug-likeness (QED) is 0.800. The van der Waals surface area contributed by atoms with Crippen molar-refractivity contribution in [1.29, 1.82) is 0 Å². The van der Waals surface area contributed by atoms with E-state index in [0.717, 1.165) is 5.56 Å². The SMILES string of the molecule is Cc1ccc(NC(=O)CSCc2ccccc2Cl)cc1S(N)(=O)=O. The van der Waals surface area contributed by atoms with Gasteiger partial charge in [-0.3, -0.25) is 4.79 Å². The highest BCUT2D eigenvalue weighted by molar-refractivity contribution is 7.99. The molecule has 1 amide bonds. The van der Waals surface area contributed by atoms with E-state index in [1.54, 1.807) is 25.1 Å². The first-order chi connectivity index (χ1) is 11.3. The molecule has 8 heteroatoms. The van der Waals surface area contributed by atoms with Gasteiger partial charge >= 0.3 is 0 Å². The molecule has 2 aromatic rings. The van der Waals surface area contributed by atoms with Crippen LogP contribution in [0.25, 0.3) is 0 Å². The first kappa shape index (κ1) is 18.8. The molecule has 5 nitrogen and oxygen atoms in total. The van der Waals surface area contributed by atoms with Crippen molar-refractivity contribution in [2.45, 2.75) is 17.6 Å². The smallest absolute Gasteiger partial charge is 0.238 e. The Morgan fingerprint density at radius 2 is 1.96 bits per heavy atom. The Morgan fingerprint density at radius 3 is 2.62 bits per heavy atom. The molecule has 2 rings (SSSR count). The van der Waals surface area contributed by atoms with Crippen molar-refractivity contribution in [2.75, 3.05) is 11.1 Å². The lowest BCUT2D eigenvalue weighted by Gasteiger charge is -2.09. The molecule has 0 bridgehead atoms. The fourth-order valence-electron chi connectivity index (χ4n) is 2.05. The molecule has 0 heterocycles. The molecule has 128 valence electrons. The number of nitrogens with one attached hydrogen (secondary N) is 1. The van der Waals surface area contributed by atoms with Crippen LogP contribution in [0.3, 0.4) is 0 Å². The lowest BCUT2D eigenvalue weighted by atomic mass is 10.2. The van der Waals surface area contributed by atoms with E-state index < -0.39 is 10.0 Å². The Morgan fingerprint density at radius 1 is 1.25 bits per heavy atom. The molecule has 24 heavy (non-hydrogen) atoms. The van der Waals surface area contributed by atoms with Gasteiger partial charge in [0.05, 0.1) is 10.6 Å². The van der Waals surface area contributed by atoms with Gasteiger partial charge in [-0.05, 0) is 36.2 Å². The van der Waals surface area contributed by atoms with E-state index in [2.05, 4.69) is 5.32 Å². The number of nitrogens with two attached hydrogens (primary N) is 1. The van der Waals surface area contributed by atoms with Crippen LogP contribution >= 0.6 is 23.4 Å². The number of hydrogen-bond acceptors (Lipinski definition) is 4. The molecule has 2 aromatic carbocycles. The number of primary sulfonamides is 1. The molecule has 0 atom stereocenters. The normalized spacial score (nSPS) is 11.3. The fourth-order valence-corrected chi connectivity index (χ4v) is 3.97. The number of carbonyl (C=O) groups excluding carboxylic acids is 1. The highest BCUT2D eigenvalue weighted by Gasteiger charge is 2.13. The maximum Gasteiger partial charge on any atom is 0.238 e. The third kappa shape index (κ3) is 5.24. The van der Waals surface area contributed by atoms with E-state index in [4.69, 9.17) is 16.7 Å². The molecule has 3 N–H and O–H groups in total. The zero-order valence-electron chi connectivity index (χ0n) is 13.0. The molecular formula is C16H17ClN2O3S2. The van der Waals surface area contributed by atoms with Crippen molar-refractivity contribution in [1.82, 2.24) is 0 Å². The summed E-state index contributed by atoms with van der Waals surface area (Å²) in [6, 6.07) is 12.1. The van der Waals surface area contributed by atoms with Crippen LogP contribution in [0.4, 0.5) is 5.69 Å². The minimum absolute atomic E-state index is 0.00372. The molecule has 0 spiro atoms. The summed E-state index contributed by atoms with van der Waals surface area (Å²) >= 11 is 7.48. The second-order valence-corrected chi connectivity index (χ2v) is 8.08. The predicted octanol–water partition coefficient (Wildman–Crippen LogP) is 3.17. The molecule has 0 aromatic heterocycles. The first-order valence-electron chi connectivity index (χ1n) is 7.02. The Bertz CT molecular complexity index is 854. The predicted molar refractivity (Wildman–Crippen MR) is 98.8 cm³/mol. The van der Waals surface area contributed by atoms with Crippen molar-refractivity contribution < 1.29 is 13.2 Å². The zero-order chi connectivity index (χ0) is 17.7. The number of benzene rings is 2. The molecule has 0 unspecified atom stereocenters. The van der Waals surface area contributed by atoms with E-state index >= 15 is 0 Å². The molecule has 0 saturated heterocycles. The number of thioether (sulfide) groups is 1.